The molecule has 3 rings (SSSR count). The largest absolute Gasteiger partial charge is 0.370 e. The van der Waals surface area contributed by atoms with Gasteiger partial charge in [0.05, 0.1) is 0 Å². The molecule has 5 heteroatoms. The fourth-order valence-corrected chi connectivity index (χ4v) is 2.61. The predicted octanol–water partition coefficient (Wildman–Crippen LogP) is 4.74. The maximum Gasteiger partial charge on any atom is 0.163 e. The lowest BCUT2D eigenvalue weighted by Gasteiger charge is -2.10. The normalized spacial score (nSPS) is 14.2. The van der Waals surface area contributed by atoms with Gasteiger partial charge >= 0.3 is 0 Å². The minimum atomic E-state index is -0.281. The highest BCUT2D eigenvalue weighted by Crippen LogP contribution is 2.40. The molecule has 0 bridgehead atoms. The van der Waals surface area contributed by atoms with Crippen molar-refractivity contribution in [2.45, 2.75) is 32.1 Å². The second-order valence-corrected chi connectivity index (χ2v) is 6.18. The summed E-state index contributed by atoms with van der Waals surface area (Å²) in [6.07, 6.45) is 3.38. The van der Waals surface area contributed by atoms with E-state index in [9.17, 15) is 4.39 Å². The first-order chi connectivity index (χ1) is 10.2. The number of halogens is 2. The van der Waals surface area contributed by atoms with E-state index in [0.29, 0.717) is 17.3 Å². The fourth-order valence-electron chi connectivity index (χ4n) is 2.19. The standard InChI is InChI=1S/C16H17BrFN3/c1-2-7-19-15-9-14(10-3-4-10)20-16(21-15)12-8-11(18)5-6-13(12)17/h5-6,8-10H,2-4,7H2,1H3,(H,19,20,21). The molecule has 0 spiro atoms. The molecule has 1 saturated carbocycles. The second kappa shape index (κ2) is 6.10. The summed E-state index contributed by atoms with van der Waals surface area (Å²) in [6, 6.07) is 6.61. The number of rotatable bonds is 5. The van der Waals surface area contributed by atoms with Gasteiger partial charge in [0.15, 0.2) is 5.82 Å². The lowest BCUT2D eigenvalue weighted by atomic mass is 10.2. The SMILES string of the molecule is CCCNc1cc(C2CC2)nc(-c2cc(F)ccc2Br)n1. The van der Waals surface area contributed by atoms with E-state index in [2.05, 4.69) is 38.1 Å². The summed E-state index contributed by atoms with van der Waals surface area (Å²) in [4.78, 5) is 9.16. The van der Waals surface area contributed by atoms with Crippen LogP contribution in [0, 0.1) is 5.82 Å². The Morgan fingerprint density at radius 1 is 1.29 bits per heavy atom. The van der Waals surface area contributed by atoms with E-state index in [-0.39, 0.29) is 5.82 Å². The zero-order valence-corrected chi connectivity index (χ0v) is 13.5. The molecule has 1 aromatic carbocycles. The molecule has 1 aromatic heterocycles. The van der Waals surface area contributed by atoms with Gasteiger partial charge in [0, 0.05) is 34.3 Å². The van der Waals surface area contributed by atoms with E-state index in [1.54, 1.807) is 6.07 Å². The van der Waals surface area contributed by atoms with Crippen LogP contribution in [0.4, 0.5) is 10.2 Å². The van der Waals surface area contributed by atoms with Crippen LogP contribution in [-0.4, -0.2) is 16.5 Å². The third kappa shape index (κ3) is 3.40. The number of aromatic nitrogens is 2. The molecular formula is C16H17BrFN3. The van der Waals surface area contributed by atoms with Gasteiger partial charge in [-0.25, -0.2) is 14.4 Å². The van der Waals surface area contributed by atoms with Crippen molar-refractivity contribution < 1.29 is 4.39 Å². The summed E-state index contributed by atoms with van der Waals surface area (Å²) in [7, 11) is 0. The van der Waals surface area contributed by atoms with Crippen LogP contribution >= 0.6 is 15.9 Å². The number of benzene rings is 1. The van der Waals surface area contributed by atoms with Gasteiger partial charge in [-0.3, -0.25) is 0 Å². The molecule has 0 atom stereocenters. The Bertz CT molecular complexity index is 656. The number of anilines is 1. The minimum absolute atomic E-state index is 0.281. The van der Waals surface area contributed by atoms with E-state index < -0.39 is 0 Å². The third-order valence-electron chi connectivity index (χ3n) is 3.47. The number of nitrogens with zero attached hydrogens (tertiary/aromatic N) is 2. The van der Waals surface area contributed by atoms with E-state index in [1.807, 2.05) is 6.07 Å². The van der Waals surface area contributed by atoms with E-state index in [1.165, 1.54) is 25.0 Å². The summed E-state index contributed by atoms with van der Waals surface area (Å²) in [5.74, 6) is 1.64. The number of hydrogen-bond acceptors (Lipinski definition) is 3. The van der Waals surface area contributed by atoms with E-state index in [4.69, 9.17) is 0 Å². The molecule has 1 aliphatic rings. The summed E-state index contributed by atoms with van der Waals surface area (Å²) in [5, 5.41) is 3.30. The van der Waals surface area contributed by atoms with Crippen LogP contribution in [-0.2, 0) is 0 Å². The lowest BCUT2D eigenvalue weighted by Crippen LogP contribution is -2.05. The van der Waals surface area contributed by atoms with Gasteiger partial charge in [0.2, 0.25) is 0 Å². The van der Waals surface area contributed by atoms with Gasteiger partial charge in [-0.1, -0.05) is 22.9 Å². The molecule has 1 heterocycles. The molecule has 0 saturated heterocycles. The van der Waals surface area contributed by atoms with Crippen LogP contribution < -0.4 is 5.32 Å². The summed E-state index contributed by atoms with van der Waals surface area (Å²) in [5.41, 5.74) is 1.74. The van der Waals surface area contributed by atoms with Crippen LogP contribution in [0.25, 0.3) is 11.4 Å². The smallest absolute Gasteiger partial charge is 0.163 e. The fraction of sp³-hybridized carbons (Fsp3) is 0.375. The number of nitrogens with one attached hydrogen (secondary N) is 1. The highest BCUT2D eigenvalue weighted by atomic mass is 79.9. The maximum atomic E-state index is 13.5. The molecule has 110 valence electrons. The zero-order valence-electron chi connectivity index (χ0n) is 11.9. The summed E-state index contributed by atoms with van der Waals surface area (Å²) >= 11 is 3.45. The van der Waals surface area contributed by atoms with Crippen molar-refractivity contribution in [3.63, 3.8) is 0 Å². The molecule has 1 N–H and O–H groups in total. The molecule has 0 radical (unpaired) electrons. The molecule has 1 aliphatic carbocycles. The van der Waals surface area contributed by atoms with Crippen LogP contribution in [0.1, 0.15) is 37.8 Å². The first-order valence-electron chi connectivity index (χ1n) is 7.25. The van der Waals surface area contributed by atoms with Crippen LogP contribution in [0.2, 0.25) is 0 Å². The lowest BCUT2D eigenvalue weighted by molar-refractivity contribution is 0.628. The molecule has 3 nitrogen and oxygen atoms in total. The highest BCUT2D eigenvalue weighted by Gasteiger charge is 2.26. The van der Waals surface area contributed by atoms with Crippen LogP contribution in [0.3, 0.4) is 0 Å². The first-order valence-corrected chi connectivity index (χ1v) is 8.05. The minimum Gasteiger partial charge on any atom is -0.370 e. The molecule has 0 aliphatic heterocycles. The van der Waals surface area contributed by atoms with Gasteiger partial charge in [0.1, 0.15) is 11.6 Å². The monoisotopic (exact) mass is 349 g/mol. The van der Waals surface area contributed by atoms with Crippen molar-refractivity contribution in [1.29, 1.82) is 0 Å². The topological polar surface area (TPSA) is 37.8 Å². The average Bonchev–Trinajstić information content (AvgIpc) is 3.32. The highest BCUT2D eigenvalue weighted by molar-refractivity contribution is 9.10. The van der Waals surface area contributed by atoms with Crippen molar-refractivity contribution in [3.8, 4) is 11.4 Å². The molecule has 0 unspecified atom stereocenters. The molecular weight excluding hydrogens is 333 g/mol. The van der Waals surface area contributed by atoms with Crippen molar-refractivity contribution in [2.24, 2.45) is 0 Å². The second-order valence-electron chi connectivity index (χ2n) is 5.33. The van der Waals surface area contributed by atoms with Crippen LogP contribution in [0.5, 0.6) is 0 Å². The summed E-state index contributed by atoms with van der Waals surface area (Å²) < 4.78 is 14.3. The Balaban J connectivity index is 2.03. The molecule has 2 aromatic rings. The Morgan fingerprint density at radius 2 is 2.10 bits per heavy atom. The molecule has 21 heavy (non-hydrogen) atoms. The van der Waals surface area contributed by atoms with E-state index >= 15 is 0 Å². The quantitative estimate of drug-likeness (QED) is 0.846. The zero-order chi connectivity index (χ0) is 14.8. The van der Waals surface area contributed by atoms with Gasteiger partial charge in [0.25, 0.3) is 0 Å². The predicted molar refractivity (Wildman–Crippen MR) is 85.9 cm³/mol. The van der Waals surface area contributed by atoms with Gasteiger partial charge in [-0.05, 0) is 37.5 Å². The van der Waals surface area contributed by atoms with Crippen molar-refractivity contribution >= 4 is 21.7 Å². The molecule has 1 fully saturated rings. The van der Waals surface area contributed by atoms with Crippen LogP contribution in [0.15, 0.2) is 28.7 Å². The number of hydrogen-bond donors (Lipinski definition) is 1. The van der Waals surface area contributed by atoms with Gasteiger partial charge < -0.3 is 5.32 Å². The maximum absolute atomic E-state index is 13.5. The third-order valence-corrected chi connectivity index (χ3v) is 4.16. The first kappa shape index (κ1) is 14.4. The van der Waals surface area contributed by atoms with Gasteiger partial charge in [-0.2, -0.15) is 0 Å². The Labute approximate surface area is 132 Å². The Morgan fingerprint density at radius 3 is 2.81 bits per heavy atom. The van der Waals surface area contributed by atoms with E-state index in [0.717, 1.165) is 29.0 Å². The average molecular weight is 350 g/mol. The Kier molecular flexibility index (Phi) is 4.19. The van der Waals surface area contributed by atoms with Crippen molar-refractivity contribution in [1.82, 2.24) is 9.97 Å². The summed E-state index contributed by atoms with van der Waals surface area (Å²) in [6.45, 7) is 2.98. The molecule has 0 amide bonds. The van der Waals surface area contributed by atoms with Crippen molar-refractivity contribution in [2.75, 3.05) is 11.9 Å². The van der Waals surface area contributed by atoms with Crippen molar-refractivity contribution in [3.05, 3.63) is 40.2 Å². The Hall–Kier alpha value is -1.49. The van der Waals surface area contributed by atoms with Gasteiger partial charge in [-0.15, -0.1) is 0 Å².